The Kier molecular flexibility index (Phi) is 11.3. The van der Waals surface area contributed by atoms with Gasteiger partial charge in [0.1, 0.15) is 29.2 Å². The molecule has 0 aromatic heterocycles. The van der Waals surface area contributed by atoms with Crippen LogP contribution in [0, 0.1) is 12.3 Å². The molecule has 3 aromatic rings. The van der Waals surface area contributed by atoms with Gasteiger partial charge in [-0.3, -0.25) is 9.59 Å². The smallest absolute Gasteiger partial charge is 0.408 e. The lowest BCUT2D eigenvalue weighted by Crippen LogP contribution is -2.59. The SMILES string of the molecule is C#Cc1ccc(C(C(=O)Nc2ccc(OC)cc2)N(C(=O)C(Cc2ccc(O)cc2)NC(=O)OC(C)(C)C)C(C)(C)CC)cc1. The molecular formula is C36H43N3O6. The zero-order valence-corrected chi connectivity index (χ0v) is 27.0. The highest BCUT2D eigenvalue weighted by atomic mass is 16.6. The number of nitrogens with zero attached hydrogens (tertiary/aromatic N) is 1. The molecule has 3 N–H and O–H groups in total. The number of alkyl carbamates (subject to hydrolysis) is 1. The van der Waals surface area contributed by atoms with E-state index in [1.165, 1.54) is 17.0 Å². The molecule has 3 amide bonds. The second kappa shape index (κ2) is 14.7. The van der Waals surface area contributed by atoms with Crippen molar-refractivity contribution in [3.05, 3.63) is 89.5 Å². The van der Waals surface area contributed by atoms with E-state index >= 15 is 0 Å². The van der Waals surface area contributed by atoms with E-state index in [4.69, 9.17) is 15.9 Å². The molecule has 9 heteroatoms. The Hall–Kier alpha value is -4.97. The third-order valence-electron chi connectivity index (χ3n) is 7.38. The fourth-order valence-electron chi connectivity index (χ4n) is 4.70. The summed E-state index contributed by atoms with van der Waals surface area (Å²) < 4.78 is 10.8. The van der Waals surface area contributed by atoms with Crippen LogP contribution >= 0.6 is 0 Å². The van der Waals surface area contributed by atoms with Crippen molar-refractivity contribution in [3.63, 3.8) is 0 Å². The van der Waals surface area contributed by atoms with Crippen LogP contribution in [0.3, 0.4) is 0 Å². The van der Waals surface area contributed by atoms with Gasteiger partial charge < -0.3 is 30.1 Å². The van der Waals surface area contributed by atoms with Crippen molar-refractivity contribution in [2.75, 3.05) is 12.4 Å². The van der Waals surface area contributed by atoms with E-state index in [0.717, 1.165) is 0 Å². The Morgan fingerprint density at radius 3 is 2.04 bits per heavy atom. The van der Waals surface area contributed by atoms with Crippen LogP contribution in [0.1, 0.15) is 70.7 Å². The molecule has 2 atom stereocenters. The summed E-state index contributed by atoms with van der Waals surface area (Å²) in [6, 6.07) is 17.9. The fraction of sp³-hybridized carbons (Fsp3) is 0.361. The van der Waals surface area contributed by atoms with Crippen LogP contribution < -0.4 is 15.4 Å². The van der Waals surface area contributed by atoms with Crippen molar-refractivity contribution in [1.29, 1.82) is 0 Å². The number of terminal acetylenes is 1. The van der Waals surface area contributed by atoms with E-state index in [1.54, 1.807) is 88.5 Å². The van der Waals surface area contributed by atoms with Gasteiger partial charge in [-0.05, 0) is 101 Å². The summed E-state index contributed by atoms with van der Waals surface area (Å²) in [7, 11) is 1.56. The van der Waals surface area contributed by atoms with Crippen molar-refractivity contribution >= 4 is 23.6 Å². The summed E-state index contributed by atoms with van der Waals surface area (Å²) in [5.74, 6) is 2.34. The lowest BCUT2D eigenvalue weighted by molar-refractivity contribution is -0.147. The molecule has 0 aliphatic carbocycles. The monoisotopic (exact) mass is 613 g/mol. The maximum atomic E-state index is 14.8. The summed E-state index contributed by atoms with van der Waals surface area (Å²) in [6.45, 7) is 10.9. The fourth-order valence-corrected chi connectivity index (χ4v) is 4.70. The summed E-state index contributed by atoms with van der Waals surface area (Å²) in [5, 5.41) is 15.5. The summed E-state index contributed by atoms with van der Waals surface area (Å²) >= 11 is 0. The van der Waals surface area contributed by atoms with Crippen LogP contribution in [0.5, 0.6) is 11.5 Å². The number of hydrogen-bond acceptors (Lipinski definition) is 6. The zero-order valence-electron chi connectivity index (χ0n) is 27.0. The van der Waals surface area contributed by atoms with Crippen LogP contribution in [0.15, 0.2) is 72.8 Å². The molecule has 0 aliphatic heterocycles. The number of anilines is 1. The van der Waals surface area contributed by atoms with E-state index in [2.05, 4.69) is 16.6 Å². The van der Waals surface area contributed by atoms with Gasteiger partial charge in [-0.2, -0.15) is 0 Å². The highest BCUT2D eigenvalue weighted by Crippen LogP contribution is 2.34. The Morgan fingerprint density at radius 2 is 1.53 bits per heavy atom. The van der Waals surface area contributed by atoms with Gasteiger partial charge in [-0.1, -0.05) is 37.1 Å². The van der Waals surface area contributed by atoms with E-state index in [9.17, 15) is 19.5 Å². The molecule has 9 nitrogen and oxygen atoms in total. The van der Waals surface area contributed by atoms with E-state index in [1.807, 2.05) is 20.8 Å². The Bertz CT molecular complexity index is 1500. The lowest BCUT2D eigenvalue weighted by Gasteiger charge is -2.44. The van der Waals surface area contributed by atoms with Gasteiger partial charge in [0, 0.05) is 23.2 Å². The third-order valence-corrected chi connectivity index (χ3v) is 7.38. The molecule has 45 heavy (non-hydrogen) atoms. The molecule has 0 spiro atoms. The third kappa shape index (κ3) is 9.51. The first-order chi connectivity index (χ1) is 21.2. The zero-order chi connectivity index (χ0) is 33.4. The maximum Gasteiger partial charge on any atom is 0.408 e. The van der Waals surface area contributed by atoms with Gasteiger partial charge in [-0.25, -0.2) is 4.79 Å². The number of carbonyl (C=O) groups is 3. The number of rotatable bonds is 11. The molecule has 0 fully saturated rings. The number of methoxy groups -OCH3 is 1. The normalized spacial score (nSPS) is 12.7. The predicted molar refractivity (Wildman–Crippen MR) is 175 cm³/mol. The number of nitrogens with one attached hydrogen (secondary N) is 2. The first-order valence-electron chi connectivity index (χ1n) is 14.8. The van der Waals surface area contributed by atoms with Crippen molar-refractivity contribution in [1.82, 2.24) is 10.2 Å². The Balaban J connectivity index is 2.14. The molecule has 0 bridgehead atoms. The number of carbonyl (C=O) groups excluding carboxylic acids is 3. The molecule has 0 radical (unpaired) electrons. The van der Waals surface area contributed by atoms with Gasteiger partial charge in [0.25, 0.3) is 5.91 Å². The minimum Gasteiger partial charge on any atom is -0.508 e. The average molecular weight is 614 g/mol. The van der Waals surface area contributed by atoms with Gasteiger partial charge in [0.2, 0.25) is 5.91 Å². The van der Waals surface area contributed by atoms with Gasteiger partial charge >= 0.3 is 6.09 Å². The maximum absolute atomic E-state index is 14.8. The number of amides is 3. The van der Waals surface area contributed by atoms with E-state index in [-0.39, 0.29) is 12.2 Å². The van der Waals surface area contributed by atoms with Crippen LogP contribution in [0.2, 0.25) is 0 Å². The highest BCUT2D eigenvalue weighted by molar-refractivity contribution is 5.99. The topological polar surface area (TPSA) is 117 Å². The molecule has 0 heterocycles. The second-order valence-corrected chi connectivity index (χ2v) is 12.3. The Labute approximate surface area is 265 Å². The summed E-state index contributed by atoms with van der Waals surface area (Å²) in [6.07, 6.45) is 5.40. The number of phenolic OH excluding ortho intramolecular Hbond substituents is 1. The van der Waals surface area contributed by atoms with Gasteiger partial charge in [0.15, 0.2) is 0 Å². The highest BCUT2D eigenvalue weighted by Gasteiger charge is 2.43. The number of benzene rings is 3. The molecular weight excluding hydrogens is 570 g/mol. The predicted octanol–water partition coefficient (Wildman–Crippen LogP) is 6.22. The van der Waals surface area contributed by atoms with Crippen molar-refractivity contribution < 1.29 is 29.0 Å². The first-order valence-corrected chi connectivity index (χ1v) is 14.8. The lowest BCUT2D eigenvalue weighted by atomic mass is 9.91. The first kappa shape index (κ1) is 34.5. The summed E-state index contributed by atoms with van der Waals surface area (Å²) in [4.78, 5) is 43.6. The minimum atomic E-state index is -1.11. The van der Waals surface area contributed by atoms with E-state index < -0.39 is 41.1 Å². The second-order valence-electron chi connectivity index (χ2n) is 12.3. The Morgan fingerprint density at radius 1 is 0.933 bits per heavy atom. The largest absolute Gasteiger partial charge is 0.508 e. The van der Waals surface area contributed by atoms with Gasteiger partial charge in [0.05, 0.1) is 7.11 Å². The molecule has 2 unspecified atom stereocenters. The molecule has 238 valence electrons. The number of ether oxygens (including phenoxy) is 2. The van der Waals surface area contributed by atoms with Crippen molar-refractivity contribution in [2.24, 2.45) is 0 Å². The average Bonchev–Trinajstić information content (AvgIpc) is 2.99. The molecule has 0 saturated carbocycles. The molecule has 3 rings (SSSR count). The van der Waals surface area contributed by atoms with Crippen molar-refractivity contribution in [2.45, 2.75) is 77.6 Å². The van der Waals surface area contributed by atoms with Crippen LogP contribution in [0.25, 0.3) is 0 Å². The van der Waals surface area contributed by atoms with Crippen LogP contribution in [-0.2, 0) is 20.7 Å². The standard InChI is InChI=1S/C36H43N3O6/c1-9-24-11-15-26(16-12-24)31(32(41)37-27-17-21-29(44-8)22-18-27)39(36(6,7)10-2)33(42)30(38-34(43)45-35(3,4)5)23-25-13-19-28(40)20-14-25/h1,11-22,30-31,40H,10,23H2,2-8H3,(H,37,41)(H,38,43). The van der Waals surface area contributed by atoms with Crippen LogP contribution in [0.4, 0.5) is 10.5 Å². The minimum absolute atomic E-state index is 0.0705. The molecule has 0 saturated heterocycles. The van der Waals surface area contributed by atoms with Crippen molar-refractivity contribution in [3.8, 4) is 23.8 Å². The summed E-state index contributed by atoms with van der Waals surface area (Å²) in [5.41, 5.74) is 0.701. The quantitative estimate of drug-likeness (QED) is 0.221. The van der Waals surface area contributed by atoms with E-state index in [0.29, 0.717) is 34.5 Å². The molecule has 3 aromatic carbocycles. The van der Waals surface area contributed by atoms with Gasteiger partial charge in [-0.15, -0.1) is 6.42 Å². The number of phenols is 1. The molecule has 0 aliphatic rings. The van der Waals surface area contributed by atoms with Crippen LogP contribution in [-0.4, -0.2) is 52.2 Å². The number of hydrogen-bond donors (Lipinski definition) is 3. The number of aromatic hydroxyl groups is 1.